The average molecular weight is 294 g/mol. The third-order valence-corrected chi connectivity index (χ3v) is 3.97. The first-order valence-corrected chi connectivity index (χ1v) is 7.72. The molecule has 0 fully saturated rings. The molecule has 1 aromatic carbocycles. The highest BCUT2D eigenvalue weighted by Crippen LogP contribution is 2.59. The van der Waals surface area contributed by atoms with E-state index in [0.717, 1.165) is 0 Å². The topological polar surface area (TPSA) is 113 Å². The third-order valence-electron chi connectivity index (χ3n) is 1.80. The van der Waals surface area contributed by atoms with Gasteiger partial charge in [0, 0.05) is 0 Å². The van der Waals surface area contributed by atoms with Crippen molar-refractivity contribution >= 4 is 15.6 Å². The fourth-order valence-electron chi connectivity index (χ4n) is 1.18. The molecule has 0 radical (unpaired) electrons. The van der Waals surface area contributed by atoms with Crippen molar-refractivity contribution in [3.63, 3.8) is 0 Å². The first kappa shape index (κ1) is 15.3. The monoisotopic (exact) mass is 294 g/mol. The molecule has 1 aromatic rings. The lowest BCUT2D eigenvalue weighted by atomic mass is 10.1. The highest BCUT2D eigenvalue weighted by Gasteiger charge is 2.34. The van der Waals surface area contributed by atoms with Crippen LogP contribution in [-0.2, 0) is 18.0 Å². The maximum atomic E-state index is 11.3. The molecule has 3 N–H and O–H groups in total. The normalized spacial score (nSPS) is 16.8. The van der Waals surface area contributed by atoms with Crippen molar-refractivity contribution in [2.75, 3.05) is 0 Å². The van der Waals surface area contributed by atoms with E-state index in [9.17, 15) is 14.0 Å². The van der Waals surface area contributed by atoms with Crippen LogP contribution < -0.4 is 0 Å². The molecule has 0 heterocycles. The lowest BCUT2D eigenvalue weighted by Crippen LogP contribution is -2.01. The van der Waals surface area contributed by atoms with Crippen molar-refractivity contribution in [3.8, 4) is 0 Å². The molecule has 2 atom stereocenters. The second-order valence-electron chi connectivity index (χ2n) is 3.21. The summed E-state index contributed by atoms with van der Waals surface area (Å²) in [7, 11) is -10.0. The zero-order valence-electron chi connectivity index (χ0n) is 9.12. The molecule has 0 aliphatic rings. The third kappa shape index (κ3) is 5.25. The van der Waals surface area contributed by atoms with Gasteiger partial charge in [0.25, 0.3) is 0 Å². The van der Waals surface area contributed by atoms with Gasteiger partial charge in [0.2, 0.25) is 0 Å². The first-order chi connectivity index (χ1) is 8.23. The van der Waals surface area contributed by atoms with Crippen LogP contribution in [0, 0.1) is 0 Å². The predicted molar refractivity (Wildman–Crippen MR) is 63.4 cm³/mol. The van der Waals surface area contributed by atoms with Gasteiger partial charge in [-0.05, 0) is 5.56 Å². The zero-order valence-corrected chi connectivity index (χ0v) is 10.9. The molecule has 1 rings (SSSR count). The van der Waals surface area contributed by atoms with E-state index in [0.29, 0.717) is 5.56 Å². The molecule has 0 amide bonds. The molecule has 0 aromatic heterocycles. The Morgan fingerprint density at radius 1 is 1.17 bits per heavy atom. The van der Waals surface area contributed by atoms with Crippen molar-refractivity contribution in [3.05, 3.63) is 48.6 Å². The molecule has 0 saturated carbocycles. The van der Waals surface area contributed by atoms with E-state index in [1.165, 1.54) is 6.08 Å². The predicted octanol–water partition coefficient (Wildman–Crippen LogP) is 2.14. The van der Waals surface area contributed by atoms with E-state index < -0.39 is 21.7 Å². The van der Waals surface area contributed by atoms with Gasteiger partial charge in [0.1, 0.15) is 6.10 Å². The Hall–Kier alpha value is -0.780. The van der Waals surface area contributed by atoms with Gasteiger partial charge < -0.3 is 14.7 Å². The molecule has 18 heavy (non-hydrogen) atoms. The number of rotatable bonds is 6. The minimum absolute atomic E-state index is 0.496. The van der Waals surface area contributed by atoms with Gasteiger partial charge in [-0.15, -0.1) is 6.58 Å². The minimum atomic E-state index is -5.12. The summed E-state index contributed by atoms with van der Waals surface area (Å²) in [5.74, 6) is 0. The smallest absolute Gasteiger partial charge is 0.302 e. The summed E-state index contributed by atoms with van der Waals surface area (Å²) < 4.78 is 30.1. The molecular weight excluding hydrogens is 282 g/mol. The standard InChI is InChI=1S/C9H12O7P2/c1-2-9(8-6-4-3-5-7-8)15-18(13,14)16-17(10,11)12/h2-7,9H,1H2,(H,13,14)(H2,10,11,12). The van der Waals surface area contributed by atoms with E-state index in [1.54, 1.807) is 30.3 Å². The van der Waals surface area contributed by atoms with Crippen LogP contribution in [0.1, 0.15) is 11.7 Å². The fourth-order valence-corrected chi connectivity index (χ4v) is 2.90. The van der Waals surface area contributed by atoms with Crippen LogP contribution in [0.2, 0.25) is 0 Å². The highest BCUT2D eigenvalue weighted by atomic mass is 31.3. The van der Waals surface area contributed by atoms with Gasteiger partial charge in [-0.25, -0.2) is 9.13 Å². The van der Waals surface area contributed by atoms with Crippen LogP contribution in [-0.4, -0.2) is 14.7 Å². The molecule has 0 aliphatic carbocycles. The van der Waals surface area contributed by atoms with E-state index >= 15 is 0 Å². The molecule has 2 unspecified atom stereocenters. The van der Waals surface area contributed by atoms with E-state index in [4.69, 9.17) is 9.79 Å². The van der Waals surface area contributed by atoms with Crippen molar-refractivity contribution in [1.29, 1.82) is 0 Å². The fraction of sp³-hybridized carbons (Fsp3) is 0.111. The maximum Gasteiger partial charge on any atom is 0.482 e. The van der Waals surface area contributed by atoms with Crippen molar-refractivity contribution in [2.24, 2.45) is 0 Å². The van der Waals surface area contributed by atoms with Crippen molar-refractivity contribution in [2.45, 2.75) is 6.10 Å². The van der Waals surface area contributed by atoms with Gasteiger partial charge in [0.15, 0.2) is 0 Å². The molecule has 0 saturated heterocycles. The summed E-state index contributed by atoms with van der Waals surface area (Å²) in [6, 6.07) is 8.27. The summed E-state index contributed by atoms with van der Waals surface area (Å²) in [5, 5.41) is 0. The van der Waals surface area contributed by atoms with Gasteiger partial charge >= 0.3 is 15.6 Å². The average Bonchev–Trinajstić information content (AvgIpc) is 2.24. The van der Waals surface area contributed by atoms with Crippen LogP contribution in [0.15, 0.2) is 43.0 Å². The highest BCUT2D eigenvalue weighted by molar-refractivity contribution is 7.60. The molecule has 0 spiro atoms. The molecular formula is C9H12O7P2. The molecule has 100 valence electrons. The maximum absolute atomic E-state index is 11.3. The van der Waals surface area contributed by atoms with E-state index in [2.05, 4.69) is 15.4 Å². The summed E-state index contributed by atoms with van der Waals surface area (Å²) >= 11 is 0. The SMILES string of the molecule is C=CC(OP(=O)(O)OP(=O)(O)O)c1ccccc1. The van der Waals surface area contributed by atoms with Crippen LogP contribution in [0.5, 0.6) is 0 Å². The molecule has 0 aliphatic heterocycles. The Kier molecular flexibility index (Phi) is 5.01. The lowest BCUT2D eigenvalue weighted by molar-refractivity contribution is 0.151. The Bertz CT molecular complexity index is 495. The summed E-state index contributed by atoms with van der Waals surface area (Å²) in [5.41, 5.74) is 0.496. The zero-order chi connectivity index (χ0) is 13.8. The summed E-state index contributed by atoms with van der Waals surface area (Å²) in [6.07, 6.45) is 0.190. The van der Waals surface area contributed by atoms with Crippen molar-refractivity contribution < 1.29 is 32.6 Å². The second kappa shape index (κ2) is 5.91. The summed E-state index contributed by atoms with van der Waals surface area (Å²) in [4.78, 5) is 26.1. The Balaban J connectivity index is 2.84. The molecule has 0 bridgehead atoms. The van der Waals surface area contributed by atoms with Crippen LogP contribution in [0.4, 0.5) is 0 Å². The van der Waals surface area contributed by atoms with Gasteiger partial charge in [0.05, 0.1) is 0 Å². The largest absolute Gasteiger partial charge is 0.482 e. The minimum Gasteiger partial charge on any atom is -0.302 e. The molecule has 9 heteroatoms. The van der Waals surface area contributed by atoms with Gasteiger partial charge in [-0.3, -0.25) is 4.52 Å². The van der Waals surface area contributed by atoms with Crippen LogP contribution in [0.3, 0.4) is 0 Å². The van der Waals surface area contributed by atoms with Gasteiger partial charge in [-0.1, -0.05) is 36.4 Å². The quantitative estimate of drug-likeness (QED) is 0.544. The van der Waals surface area contributed by atoms with Crippen LogP contribution in [0.25, 0.3) is 0 Å². The second-order valence-corrected chi connectivity index (χ2v) is 6.00. The lowest BCUT2D eigenvalue weighted by Gasteiger charge is -2.18. The van der Waals surface area contributed by atoms with Crippen LogP contribution >= 0.6 is 15.6 Å². The van der Waals surface area contributed by atoms with E-state index in [1.807, 2.05) is 0 Å². The summed E-state index contributed by atoms with van der Waals surface area (Å²) in [6.45, 7) is 3.41. The number of hydrogen-bond donors (Lipinski definition) is 3. The van der Waals surface area contributed by atoms with Gasteiger partial charge in [-0.2, -0.15) is 4.31 Å². The first-order valence-electron chi connectivity index (χ1n) is 4.69. The number of hydrogen-bond acceptors (Lipinski definition) is 4. The Labute approximate surface area is 104 Å². The number of phosphoric ester groups is 1. The Morgan fingerprint density at radius 3 is 2.17 bits per heavy atom. The van der Waals surface area contributed by atoms with Crippen molar-refractivity contribution in [1.82, 2.24) is 0 Å². The number of phosphoric acid groups is 2. The number of benzene rings is 1. The Morgan fingerprint density at radius 2 is 1.72 bits per heavy atom. The molecule has 7 nitrogen and oxygen atoms in total. The van der Waals surface area contributed by atoms with E-state index in [-0.39, 0.29) is 0 Å².